The highest BCUT2D eigenvalue weighted by Crippen LogP contribution is 2.17. The molecular formula is C25H50O22. The molecule has 0 aromatic heterocycles. The van der Waals surface area contributed by atoms with Gasteiger partial charge in [-0.25, -0.2) is 0 Å². The Morgan fingerprint density at radius 2 is 0.830 bits per heavy atom. The smallest absolute Gasteiger partial charge is 0.151 e. The third kappa shape index (κ3) is 18.9. The molecule has 0 bridgehead atoms. The molecule has 47 heavy (non-hydrogen) atoms. The first-order chi connectivity index (χ1) is 21.4. The van der Waals surface area contributed by atoms with Gasteiger partial charge in [-0.05, 0) is 20.8 Å². The van der Waals surface area contributed by atoms with E-state index in [0.29, 0.717) is 0 Å². The lowest BCUT2D eigenvalue weighted by Gasteiger charge is -2.32. The first-order valence-electron chi connectivity index (χ1n) is 13.3. The Kier molecular flexibility index (Phi) is 28.5. The van der Waals surface area contributed by atoms with Gasteiger partial charge < -0.3 is 111 Å². The minimum absolute atomic E-state index is 0.0258. The fourth-order valence-corrected chi connectivity index (χ4v) is 2.51. The van der Waals surface area contributed by atoms with Crippen LogP contribution < -0.4 is 0 Å². The summed E-state index contributed by atoms with van der Waals surface area (Å²) < 4.78 is 0. The van der Waals surface area contributed by atoms with Crippen molar-refractivity contribution in [3.05, 3.63) is 0 Å². The van der Waals surface area contributed by atoms with Crippen LogP contribution in [0.5, 0.6) is 0 Å². The van der Waals surface area contributed by atoms with Crippen molar-refractivity contribution in [2.75, 3.05) is 19.8 Å². The Balaban J connectivity index is -0.000000263. The van der Waals surface area contributed by atoms with Crippen LogP contribution in [0.3, 0.4) is 0 Å². The van der Waals surface area contributed by atoms with Crippen molar-refractivity contribution in [3.63, 3.8) is 0 Å². The first kappa shape index (κ1) is 51.8. The maximum Gasteiger partial charge on any atom is 0.151 e. The highest BCUT2D eigenvalue weighted by atomic mass is 16.4. The summed E-state index contributed by atoms with van der Waals surface area (Å²) in [5, 5.41) is 159. The van der Waals surface area contributed by atoms with E-state index in [4.69, 9.17) is 86.8 Å². The Morgan fingerprint density at radius 1 is 0.489 bits per heavy atom. The third-order valence-electron chi connectivity index (χ3n) is 6.21. The fourth-order valence-electron chi connectivity index (χ4n) is 2.51. The monoisotopic (exact) mass is 702 g/mol. The van der Waals surface area contributed by atoms with Gasteiger partial charge in [0.25, 0.3) is 0 Å². The lowest BCUT2D eigenvalue weighted by molar-refractivity contribution is -0.173. The first-order valence-corrected chi connectivity index (χ1v) is 13.3. The van der Waals surface area contributed by atoms with E-state index >= 15 is 0 Å². The molecule has 0 fully saturated rings. The van der Waals surface area contributed by atoms with Crippen LogP contribution in [0, 0.1) is 0 Å². The van der Waals surface area contributed by atoms with Crippen molar-refractivity contribution in [2.24, 2.45) is 0 Å². The fraction of sp³-hybridized carbons (Fsp3) is 0.840. The van der Waals surface area contributed by atoms with Crippen LogP contribution in [0.15, 0.2) is 0 Å². The standard InChI is InChI=1S/C7H14O6.C6H12O6.2C6H12O5/c1-7(13,5(11)3-9)6(12)4(10)2-8;7-1-3(9)5(11)6(12)4(10)2-8;1-6(11,4(9)2-7)5(10)3-8;1-3(8)5(10)6(11)4(9)2-7/h3-6,8,10-13H,2H2,1H3;1,3-6,8-12H,2H2;2,4-5,8-11H,3H2,1H3;2-6,8-11H,1H3. The number of hydrogen-bond acceptors (Lipinski definition) is 22. The van der Waals surface area contributed by atoms with Crippen LogP contribution >= 0.6 is 0 Å². The second-order valence-electron chi connectivity index (χ2n) is 10.2. The van der Waals surface area contributed by atoms with Crippen LogP contribution in [-0.2, 0) is 19.2 Å². The molecule has 0 heterocycles. The van der Waals surface area contributed by atoms with Crippen LogP contribution in [0.2, 0.25) is 0 Å². The summed E-state index contributed by atoms with van der Waals surface area (Å²) in [6.07, 6.45) is -21.0. The molecule has 22 heteroatoms. The van der Waals surface area contributed by atoms with Crippen molar-refractivity contribution in [1.29, 1.82) is 0 Å². The van der Waals surface area contributed by atoms with Gasteiger partial charge in [0.2, 0.25) is 0 Å². The van der Waals surface area contributed by atoms with Gasteiger partial charge in [-0.15, -0.1) is 0 Å². The highest BCUT2D eigenvalue weighted by molar-refractivity contribution is 5.58. The predicted octanol–water partition coefficient (Wildman–Crippen LogP) is -11.1. The molecular weight excluding hydrogens is 652 g/mol. The maximum atomic E-state index is 10.1. The van der Waals surface area contributed by atoms with Crippen molar-refractivity contribution in [1.82, 2.24) is 0 Å². The van der Waals surface area contributed by atoms with Gasteiger partial charge >= 0.3 is 0 Å². The molecule has 282 valence electrons. The topological polar surface area (TPSA) is 432 Å². The molecule has 0 aliphatic rings. The molecule has 15 atom stereocenters. The summed E-state index contributed by atoms with van der Waals surface area (Å²) in [6, 6.07) is 0. The quantitative estimate of drug-likeness (QED) is 0.0589. The van der Waals surface area contributed by atoms with Gasteiger partial charge in [-0.3, -0.25) is 0 Å². The summed E-state index contributed by atoms with van der Waals surface area (Å²) in [5.41, 5.74) is -4.17. The minimum Gasteiger partial charge on any atom is -0.394 e. The lowest BCUT2D eigenvalue weighted by atomic mass is 9.90. The van der Waals surface area contributed by atoms with E-state index in [-0.39, 0.29) is 25.1 Å². The molecule has 0 aromatic carbocycles. The number of aldehydes is 4. The van der Waals surface area contributed by atoms with Crippen molar-refractivity contribution < 1.29 is 111 Å². The molecule has 15 unspecified atom stereocenters. The molecule has 0 aromatic rings. The zero-order chi connectivity index (χ0) is 38.5. The average Bonchev–Trinajstić information content (AvgIpc) is 3.07. The molecule has 0 saturated carbocycles. The zero-order valence-corrected chi connectivity index (χ0v) is 25.6. The number of aliphatic hydroxyl groups is 18. The van der Waals surface area contributed by atoms with Crippen LogP contribution in [0.1, 0.15) is 20.8 Å². The van der Waals surface area contributed by atoms with Gasteiger partial charge in [0, 0.05) is 0 Å². The maximum absolute atomic E-state index is 10.1. The van der Waals surface area contributed by atoms with Crippen LogP contribution in [0.4, 0.5) is 0 Å². The van der Waals surface area contributed by atoms with E-state index in [0.717, 1.165) is 13.8 Å². The lowest BCUT2D eigenvalue weighted by Crippen LogP contribution is -2.56. The van der Waals surface area contributed by atoms with E-state index in [1.807, 2.05) is 0 Å². The molecule has 0 radical (unpaired) electrons. The second kappa shape index (κ2) is 25.9. The molecule has 0 spiro atoms. The summed E-state index contributed by atoms with van der Waals surface area (Å²) in [6.45, 7) is 1.04. The van der Waals surface area contributed by atoms with E-state index in [1.165, 1.54) is 6.92 Å². The Bertz CT molecular complexity index is 827. The number of carbonyl (C=O) groups excluding carboxylic acids is 4. The predicted molar refractivity (Wildman–Crippen MR) is 151 cm³/mol. The summed E-state index contributed by atoms with van der Waals surface area (Å²) in [4.78, 5) is 39.8. The van der Waals surface area contributed by atoms with Crippen LogP contribution in [-0.4, -0.2) is 227 Å². The summed E-state index contributed by atoms with van der Waals surface area (Å²) >= 11 is 0. The molecule has 0 saturated heterocycles. The molecule has 0 aliphatic carbocycles. The van der Waals surface area contributed by atoms with Gasteiger partial charge in [0.1, 0.15) is 84.4 Å². The SMILES string of the molecule is CC(O)(C(O)C=O)C(O)C(O)CO.CC(O)(C(O)C=O)C(O)CO.CC(O)C(O)C(O)C(O)C=O.O=CC(O)C(O)C(O)C(O)CO. The van der Waals surface area contributed by atoms with Gasteiger partial charge in [-0.2, -0.15) is 0 Å². The van der Waals surface area contributed by atoms with Crippen molar-refractivity contribution in [3.8, 4) is 0 Å². The van der Waals surface area contributed by atoms with Crippen molar-refractivity contribution >= 4 is 25.1 Å². The van der Waals surface area contributed by atoms with Crippen molar-refractivity contribution in [2.45, 2.75) is 111 Å². The molecule has 22 nitrogen and oxygen atoms in total. The van der Waals surface area contributed by atoms with E-state index in [2.05, 4.69) is 0 Å². The largest absolute Gasteiger partial charge is 0.394 e. The van der Waals surface area contributed by atoms with Gasteiger partial charge in [0.05, 0.1) is 25.9 Å². The molecule has 0 amide bonds. The Morgan fingerprint density at radius 3 is 1.11 bits per heavy atom. The normalized spacial score (nSPS) is 22.0. The molecule has 0 aliphatic heterocycles. The van der Waals surface area contributed by atoms with Gasteiger partial charge in [-0.1, -0.05) is 0 Å². The zero-order valence-electron chi connectivity index (χ0n) is 25.6. The summed E-state index contributed by atoms with van der Waals surface area (Å²) in [5.74, 6) is 0. The van der Waals surface area contributed by atoms with E-state index < -0.39 is 110 Å². The second-order valence-corrected chi connectivity index (χ2v) is 10.2. The third-order valence-corrected chi connectivity index (χ3v) is 6.21. The minimum atomic E-state index is -2.18. The summed E-state index contributed by atoms with van der Waals surface area (Å²) in [7, 11) is 0. The van der Waals surface area contributed by atoms with Gasteiger partial charge in [0.15, 0.2) is 25.1 Å². The molecule has 18 N–H and O–H groups in total. The average molecular weight is 703 g/mol. The highest BCUT2D eigenvalue weighted by Gasteiger charge is 2.41. The Labute approximate surface area is 267 Å². The number of rotatable bonds is 18. The van der Waals surface area contributed by atoms with Crippen LogP contribution in [0.25, 0.3) is 0 Å². The number of hydrogen-bond donors (Lipinski definition) is 18. The molecule has 0 rings (SSSR count). The number of aliphatic hydroxyl groups excluding tert-OH is 16. The van der Waals surface area contributed by atoms with E-state index in [9.17, 15) is 24.3 Å². The number of carbonyl (C=O) groups is 4. The Hall–Kier alpha value is -2.04. The van der Waals surface area contributed by atoms with E-state index in [1.54, 1.807) is 0 Å².